The zero-order valence-corrected chi connectivity index (χ0v) is 23.7. The van der Waals surface area contributed by atoms with Gasteiger partial charge in [-0.1, -0.05) is 0 Å². The van der Waals surface area contributed by atoms with Crippen LogP contribution in [0.25, 0.3) is 11.1 Å². The van der Waals surface area contributed by atoms with E-state index < -0.39 is 17.2 Å². The zero-order chi connectivity index (χ0) is 29.2. The van der Waals surface area contributed by atoms with E-state index >= 15 is 4.39 Å². The highest BCUT2D eigenvalue weighted by atomic mass is 19.1. The van der Waals surface area contributed by atoms with Gasteiger partial charge in [0.1, 0.15) is 29.8 Å². The number of carbonyl (C=O) groups is 1. The van der Waals surface area contributed by atoms with E-state index in [1.165, 1.54) is 6.07 Å². The molecule has 216 valence electrons. The lowest BCUT2D eigenvalue weighted by Gasteiger charge is -2.43. The van der Waals surface area contributed by atoms with E-state index in [0.29, 0.717) is 36.0 Å². The molecule has 0 amide bonds. The van der Waals surface area contributed by atoms with Crippen LogP contribution in [0.15, 0.2) is 36.5 Å². The molecule has 1 aromatic heterocycles. The number of nitrogens with zero attached hydrogens (tertiary/aromatic N) is 1. The van der Waals surface area contributed by atoms with E-state index in [2.05, 4.69) is 4.98 Å². The van der Waals surface area contributed by atoms with Crippen LogP contribution in [0.5, 0.6) is 11.6 Å². The number of Topliss-reactive ketones (excluding diaryl/α,β-unsaturated/α-hetero) is 1. The molecule has 3 aromatic rings. The Morgan fingerprint density at radius 2 is 1.80 bits per heavy atom. The van der Waals surface area contributed by atoms with Crippen molar-refractivity contribution in [2.75, 3.05) is 6.61 Å². The molecule has 8 heteroatoms. The summed E-state index contributed by atoms with van der Waals surface area (Å²) in [5.41, 5.74) is 3.86. The van der Waals surface area contributed by atoms with Crippen LogP contribution >= 0.6 is 0 Å². The van der Waals surface area contributed by atoms with Crippen LogP contribution < -0.4 is 9.47 Å². The number of aliphatic hydroxyl groups is 2. The number of aryl methyl sites for hydroxylation is 2. The third kappa shape index (κ3) is 5.01. The molecule has 6 nitrogen and oxygen atoms in total. The highest BCUT2D eigenvalue weighted by Crippen LogP contribution is 2.61. The Morgan fingerprint density at radius 3 is 2.46 bits per heavy atom. The van der Waals surface area contributed by atoms with Gasteiger partial charge < -0.3 is 19.7 Å². The first kappa shape index (κ1) is 27.8. The van der Waals surface area contributed by atoms with Gasteiger partial charge in [0.15, 0.2) is 0 Å². The van der Waals surface area contributed by atoms with E-state index in [9.17, 15) is 19.4 Å². The lowest BCUT2D eigenvalue weighted by molar-refractivity contribution is -0.118. The minimum Gasteiger partial charge on any atom is -0.490 e. The molecule has 0 spiro atoms. The molecule has 41 heavy (non-hydrogen) atoms. The molecule has 0 radical (unpaired) electrons. The number of hydrogen-bond acceptors (Lipinski definition) is 6. The topological polar surface area (TPSA) is 88.9 Å². The minimum atomic E-state index is -1.12. The van der Waals surface area contributed by atoms with E-state index in [1.807, 2.05) is 32.0 Å². The first-order chi connectivity index (χ1) is 19.5. The van der Waals surface area contributed by atoms with Crippen LogP contribution in [-0.2, 0) is 17.8 Å². The number of hydrogen-bond donors (Lipinski definition) is 2. The Hall–Kier alpha value is -3.36. The maximum Gasteiger partial charge on any atom is 0.213 e. The molecule has 3 aliphatic rings. The second-order valence-corrected chi connectivity index (χ2v) is 12.3. The fourth-order valence-corrected chi connectivity index (χ4v) is 6.86. The van der Waals surface area contributed by atoms with Gasteiger partial charge in [0, 0.05) is 35.4 Å². The summed E-state index contributed by atoms with van der Waals surface area (Å²) >= 11 is 0. The van der Waals surface area contributed by atoms with Gasteiger partial charge in [0.2, 0.25) is 5.88 Å². The second kappa shape index (κ2) is 10.2. The maximum absolute atomic E-state index is 15.1. The van der Waals surface area contributed by atoms with Crippen LogP contribution in [0.1, 0.15) is 60.4 Å². The molecule has 0 saturated heterocycles. The van der Waals surface area contributed by atoms with Crippen molar-refractivity contribution in [1.82, 2.24) is 4.98 Å². The Morgan fingerprint density at radius 1 is 1.10 bits per heavy atom. The Bertz CT molecular complexity index is 1510. The average Bonchev–Trinajstić information content (AvgIpc) is 3.48. The van der Waals surface area contributed by atoms with E-state index in [4.69, 9.17) is 9.47 Å². The molecule has 2 fully saturated rings. The van der Waals surface area contributed by atoms with E-state index in [1.54, 1.807) is 20.0 Å². The number of ether oxygens (including phenoxy) is 2. The van der Waals surface area contributed by atoms with Gasteiger partial charge in [0.25, 0.3) is 0 Å². The second-order valence-electron chi connectivity index (χ2n) is 12.3. The number of benzene rings is 2. The smallest absolute Gasteiger partial charge is 0.213 e. The zero-order valence-electron chi connectivity index (χ0n) is 23.7. The van der Waals surface area contributed by atoms with Gasteiger partial charge in [-0.05, 0) is 111 Å². The van der Waals surface area contributed by atoms with Gasteiger partial charge in [-0.3, -0.25) is 4.79 Å². The normalized spacial score (nSPS) is 25.5. The van der Waals surface area contributed by atoms with Crippen LogP contribution in [0.4, 0.5) is 8.78 Å². The lowest BCUT2D eigenvalue weighted by Crippen LogP contribution is -2.49. The fourth-order valence-electron chi connectivity index (χ4n) is 6.86. The molecule has 2 aromatic carbocycles. The lowest BCUT2D eigenvalue weighted by atomic mass is 9.72. The van der Waals surface area contributed by atoms with Crippen LogP contribution in [-0.4, -0.2) is 39.3 Å². The van der Waals surface area contributed by atoms with Crippen molar-refractivity contribution in [2.45, 2.75) is 71.2 Å². The molecule has 1 heterocycles. The molecule has 4 atom stereocenters. The Balaban J connectivity index is 1.16. The monoisotopic (exact) mass is 563 g/mol. The van der Waals surface area contributed by atoms with Crippen molar-refractivity contribution in [3.8, 4) is 22.8 Å². The van der Waals surface area contributed by atoms with Crippen molar-refractivity contribution in [3.05, 3.63) is 76.0 Å². The maximum atomic E-state index is 15.1. The molecule has 2 N–H and O–H groups in total. The van der Waals surface area contributed by atoms with Gasteiger partial charge in [-0.2, -0.15) is 0 Å². The molecule has 2 saturated carbocycles. The number of ketones is 1. The number of halogens is 2. The summed E-state index contributed by atoms with van der Waals surface area (Å²) in [6.07, 6.45) is 3.80. The predicted molar refractivity (Wildman–Crippen MR) is 149 cm³/mol. The molecular weight excluding hydrogens is 528 g/mol. The van der Waals surface area contributed by atoms with Crippen molar-refractivity contribution < 1.29 is 33.3 Å². The summed E-state index contributed by atoms with van der Waals surface area (Å²) in [5.74, 6) is 0.604. The summed E-state index contributed by atoms with van der Waals surface area (Å²) in [5, 5.41) is 19.6. The first-order valence-electron chi connectivity index (χ1n) is 14.2. The highest BCUT2D eigenvalue weighted by Gasteiger charge is 2.58. The summed E-state index contributed by atoms with van der Waals surface area (Å²) in [6.45, 7) is 6.60. The van der Waals surface area contributed by atoms with Crippen molar-refractivity contribution in [3.63, 3.8) is 0 Å². The summed E-state index contributed by atoms with van der Waals surface area (Å²) in [6, 6.07) is 7.94. The largest absolute Gasteiger partial charge is 0.490 e. The third-order valence-electron chi connectivity index (χ3n) is 9.34. The third-order valence-corrected chi connectivity index (χ3v) is 9.34. The summed E-state index contributed by atoms with van der Waals surface area (Å²) < 4.78 is 41.8. The Labute approximate surface area is 238 Å². The number of rotatable bonds is 9. The molecule has 0 bridgehead atoms. The summed E-state index contributed by atoms with van der Waals surface area (Å²) in [4.78, 5) is 16.2. The Kier molecular flexibility index (Phi) is 6.90. The van der Waals surface area contributed by atoms with E-state index in [-0.39, 0.29) is 54.0 Å². The SMILES string of the molecule is CC(=O)[C@H]1[C@@H]2Cc3cc(OCc4cc(-c5c(C)cc(OC6CC([C@](C)(O)CO)C6)cc5C)c(F)cc4F)ncc3[C@@H]21. The highest BCUT2D eigenvalue weighted by molar-refractivity contribution is 5.84. The number of fused-ring (bicyclic) bond motifs is 3. The quantitative estimate of drug-likeness (QED) is 0.353. The van der Waals surface area contributed by atoms with Crippen LogP contribution in [0.2, 0.25) is 0 Å². The molecule has 6 rings (SSSR count). The first-order valence-corrected chi connectivity index (χ1v) is 14.2. The number of pyridine rings is 1. The van der Waals surface area contributed by atoms with Crippen molar-refractivity contribution >= 4 is 5.78 Å². The molecule has 0 unspecified atom stereocenters. The average molecular weight is 564 g/mol. The van der Waals surface area contributed by atoms with Gasteiger partial charge >= 0.3 is 0 Å². The van der Waals surface area contributed by atoms with Crippen LogP contribution in [0, 0.1) is 43.2 Å². The number of aromatic nitrogens is 1. The number of aliphatic hydroxyl groups excluding tert-OH is 1. The van der Waals surface area contributed by atoms with Crippen molar-refractivity contribution in [1.29, 1.82) is 0 Å². The fraction of sp³-hybridized carbons (Fsp3) is 0.455. The van der Waals surface area contributed by atoms with E-state index in [0.717, 1.165) is 34.7 Å². The number of carbonyl (C=O) groups excluding carboxylic acids is 1. The molecule has 0 aliphatic heterocycles. The minimum absolute atomic E-state index is 0.0235. The van der Waals surface area contributed by atoms with Crippen LogP contribution in [0.3, 0.4) is 0 Å². The van der Waals surface area contributed by atoms with Gasteiger partial charge in [-0.15, -0.1) is 0 Å². The van der Waals surface area contributed by atoms with Gasteiger partial charge in [-0.25, -0.2) is 13.8 Å². The van der Waals surface area contributed by atoms with Crippen molar-refractivity contribution in [2.24, 2.45) is 17.8 Å². The molecule has 3 aliphatic carbocycles. The van der Waals surface area contributed by atoms with Gasteiger partial charge in [0.05, 0.1) is 18.3 Å². The standard InChI is InChI=1S/C33H35F2NO5/c1-16-5-22(41-23-10-21(11-23)33(4,39)15-37)6-17(2)30(16)24-8-20(27(34)12-28(24)35)14-40-29-9-19-7-25-31(18(3)38)32(25)26(19)13-36-29/h5-6,8-9,12-13,21,23,25,31-32,37,39H,7,10-11,14-15H2,1-4H3/t21?,23?,25-,31-,32+,33+/m0/s1. The predicted octanol–water partition coefficient (Wildman–Crippen LogP) is 5.60. The summed E-state index contributed by atoms with van der Waals surface area (Å²) in [7, 11) is 0. The molecular formula is C33H35F2NO5.